The van der Waals surface area contributed by atoms with E-state index in [9.17, 15) is 9.90 Å². The molecule has 1 amide bonds. The van der Waals surface area contributed by atoms with E-state index in [1.807, 2.05) is 0 Å². The van der Waals surface area contributed by atoms with Crippen LogP contribution in [-0.2, 0) is 0 Å². The Morgan fingerprint density at radius 3 is 2.67 bits per heavy atom. The monoisotopic (exact) mass is 248 g/mol. The Hall–Kier alpha value is -1.58. The molecule has 98 valence electrons. The Balaban J connectivity index is 2.07. The van der Waals surface area contributed by atoms with Crippen molar-refractivity contribution >= 4 is 5.91 Å². The number of hydrogen-bond donors (Lipinski definition) is 1. The molecule has 1 heterocycles. The lowest BCUT2D eigenvalue weighted by atomic mass is 9.86. The summed E-state index contributed by atoms with van der Waals surface area (Å²) in [5, 5.41) is 9.66. The minimum absolute atomic E-state index is 0.0430. The third-order valence-electron chi connectivity index (χ3n) is 3.84. The first-order chi connectivity index (χ1) is 8.59. The molecule has 1 fully saturated rings. The van der Waals surface area contributed by atoms with E-state index in [2.05, 4.69) is 11.9 Å². The molecule has 0 saturated heterocycles. The molecule has 1 aromatic rings. The van der Waals surface area contributed by atoms with Gasteiger partial charge >= 0.3 is 0 Å². The number of pyridine rings is 1. The van der Waals surface area contributed by atoms with Crippen LogP contribution in [0.4, 0.5) is 0 Å². The number of carbonyl (C=O) groups excluding carboxylic acids is 1. The van der Waals surface area contributed by atoms with Crippen LogP contribution in [0.3, 0.4) is 0 Å². The van der Waals surface area contributed by atoms with Crippen LogP contribution >= 0.6 is 0 Å². The highest BCUT2D eigenvalue weighted by atomic mass is 16.3. The number of hydrogen-bond acceptors (Lipinski definition) is 3. The number of rotatable bonds is 2. The largest absolute Gasteiger partial charge is 0.505 e. The SMILES string of the molecule is CC1CCC(N(C)C(=O)c2ncccc2O)CC1. The van der Waals surface area contributed by atoms with Crippen molar-refractivity contribution in [3.63, 3.8) is 0 Å². The van der Waals surface area contributed by atoms with Gasteiger partial charge in [-0.3, -0.25) is 4.79 Å². The van der Waals surface area contributed by atoms with Gasteiger partial charge in [0.05, 0.1) is 0 Å². The summed E-state index contributed by atoms with van der Waals surface area (Å²) >= 11 is 0. The Labute approximate surface area is 108 Å². The molecule has 2 rings (SSSR count). The molecule has 1 aromatic heterocycles. The number of amides is 1. The zero-order valence-electron chi connectivity index (χ0n) is 11.0. The van der Waals surface area contributed by atoms with Crippen molar-refractivity contribution in [3.8, 4) is 5.75 Å². The van der Waals surface area contributed by atoms with E-state index >= 15 is 0 Å². The molecule has 1 N–H and O–H groups in total. The van der Waals surface area contributed by atoms with E-state index in [-0.39, 0.29) is 23.4 Å². The fourth-order valence-electron chi connectivity index (χ4n) is 2.52. The van der Waals surface area contributed by atoms with E-state index in [1.54, 1.807) is 18.0 Å². The van der Waals surface area contributed by atoms with Gasteiger partial charge in [0.1, 0.15) is 5.75 Å². The highest BCUT2D eigenvalue weighted by molar-refractivity contribution is 5.94. The molecule has 4 heteroatoms. The molecule has 0 aliphatic heterocycles. The van der Waals surface area contributed by atoms with Crippen LogP contribution in [0, 0.1) is 5.92 Å². The van der Waals surface area contributed by atoms with Crippen LogP contribution in [0.15, 0.2) is 18.3 Å². The highest BCUT2D eigenvalue weighted by Crippen LogP contribution is 2.27. The second kappa shape index (κ2) is 5.38. The second-order valence-corrected chi connectivity index (χ2v) is 5.20. The summed E-state index contributed by atoms with van der Waals surface area (Å²) < 4.78 is 0. The zero-order chi connectivity index (χ0) is 13.1. The van der Waals surface area contributed by atoms with Crippen molar-refractivity contribution in [2.45, 2.75) is 38.6 Å². The fraction of sp³-hybridized carbons (Fsp3) is 0.571. The summed E-state index contributed by atoms with van der Waals surface area (Å²) in [6.45, 7) is 2.25. The third kappa shape index (κ3) is 2.63. The molecule has 1 aliphatic carbocycles. The molecule has 0 bridgehead atoms. The summed E-state index contributed by atoms with van der Waals surface area (Å²) in [7, 11) is 1.80. The van der Waals surface area contributed by atoms with Crippen molar-refractivity contribution in [2.75, 3.05) is 7.05 Å². The average Bonchev–Trinajstić information content (AvgIpc) is 2.38. The molecule has 0 atom stereocenters. The van der Waals surface area contributed by atoms with E-state index in [0.29, 0.717) is 0 Å². The lowest BCUT2D eigenvalue weighted by Crippen LogP contribution is -2.39. The zero-order valence-corrected chi connectivity index (χ0v) is 11.0. The van der Waals surface area contributed by atoms with Gasteiger partial charge in [0.25, 0.3) is 5.91 Å². The van der Waals surface area contributed by atoms with Gasteiger partial charge in [-0.15, -0.1) is 0 Å². The molecule has 1 aliphatic rings. The Morgan fingerprint density at radius 1 is 1.39 bits per heavy atom. The maximum Gasteiger partial charge on any atom is 0.276 e. The number of carbonyl (C=O) groups is 1. The maximum absolute atomic E-state index is 12.2. The van der Waals surface area contributed by atoms with Gasteiger partial charge in [-0.05, 0) is 43.7 Å². The minimum atomic E-state index is -0.187. The summed E-state index contributed by atoms with van der Waals surface area (Å²) in [5.74, 6) is 0.527. The maximum atomic E-state index is 12.2. The third-order valence-corrected chi connectivity index (χ3v) is 3.84. The fourth-order valence-corrected chi connectivity index (χ4v) is 2.52. The normalized spacial score (nSPS) is 23.7. The quantitative estimate of drug-likeness (QED) is 0.874. The standard InChI is InChI=1S/C14H20N2O2/c1-10-5-7-11(8-6-10)16(2)14(18)13-12(17)4-3-9-15-13/h3-4,9-11,17H,5-8H2,1-2H3. The van der Waals surface area contributed by atoms with Gasteiger partial charge in [-0.25, -0.2) is 4.98 Å². The van der Waals surface area contributed by atoms with Crippen molar-refractivity contribution < 1.29 is 9.90 Å². The molecular formula is C14H20N2O2. The number of aromatic nitrogens is 1. The van der Waals surface area contributed by atoms with Crippen LogP contribution in [0.5, 0.6) is 5.75 Å². The molecular weight excluding hydrogens is 228 g/mol. The lowest BCUT2D eigenvalue weighted by Gasteiger charge is -2.33. The van der Waals surface area contributed by atoms with Crippen LogP contribution in [0.2, 0.25) is 0 Å². The minimum Gasteiger partial charge on any atom is -0.505 e. The lowest BCUT2D eigenvalue weighted by molar-refractivity contribution is 0.0670. The van der Waals surface area contributed by atoms with Crippen molar-refractivity contribution in [1.82, 2.24) is 9.88 Å². The van der Waals surface area contributed by atoms with Gasteiger partial charge in [-0.2, -0.15) is 0 Å². The molecule has 0 radical (unpaired) electrons. The van der Waals surface area contributed by atoms with Gasteiger partial charge in [0, 0.05) is 19.3 Å². The van der Waals surface area contributed by atoms with Gasteiger partial charge in [-0.1, -0.05) is 6.92 Å². The Morgan fingerprint density at radius 2 is 2.06 bits per heavy atom. The van der Waals surface area contributed by atoms with E-state index in [0.717, 1.165) is 31.6 Å². The molecule has 0 unspecified atom stereocenters. The van der Waals surface area contributed by atoms with Crippen LogP contribution in [0.25, 0.3) is 0 Å². The molecule has 4 nitrogen and oxygen atoms in total. The topological polar surface area (TPSA) is 53.4 Å². The van der Waals surface area contributed by atoms with Gasteiger partial charge in [0.2, 0.25) is 0 Å². The van der Waals surface area contributed by atoms with Crippen LogP contribution in [-0.4, -0.2) is 34.0 Å². The molecule has 18 heavy (non-hydrogen) atoms. The van der Waals surface area contributed by atoms with Crippen molar-refractivity contribution in [3.05, 3.63) is 24.0 Å². The van der Waals surface area contributed by atoms with Crippen molar-refractivity contribution in [2.24, 2.45) is 5.92 Å². The van der Waals surface area contributed by atoms with E-state index < -0.39 is 0 Å². The number of nitrogens with zero attached hydrogens (tertiary/aromatic N) is 2. The first kappa shape index (κ1) is 12.9. The smallest absolute Gasteiger partial charge is 0.276 e. The first-order valence-electron chi connectivity index (χ1n) is 6.50. The van der Waals surface area contributed by atoms with E-state index in [1.165, 1.54) is 12.3 Å². The second-order valence-electron chi connectivity index (χ2n) is 5.20. The van der Waals surface area contributed by atoms with Gasteiger partial charge < -0.3 is 10.0 Å². The van der Waals surface area contributed by atoms with Gasteiger partial charge in [0.15, 0.2) is 5.69 Å². The van der Waals surface area contributed by atoms with Crippen LogP contribution < -0.4 is 0 Å². The first-order valence-corrected chi connectivity index (χ1v) is 6.50. The Bertz CT molecular complexity index is 426. The van der Waals surface area contributed by atoms with Crippen LogP contribution in [0.1, 0.15) is 43.1 Å². The van der Waals surface area contributed by atoms with E-state index in [4.69, 9.17) is 0 Å². The highest BCUT2D eigenvalue weighted by Gasteiger charge is 2.27. The predicted octanol–water partition coefficient (Wildman–Crippen LogP) is 2.44. The molecule has 0 spiro atoms. The molecule has 0 aromatic carbocycles. The summed E-state index contributed by atoms with van der Waals surface area (Å²) in [6, 6.07) is 3.39. The number of aromatic hydroxyl groups is 1. The molecule has 1 saturated carbocycles. The summed E-state index contributed by atoms with van der Waals surface area (Å²) in [4.78, 5) is 17.9. The predicted molar refractivity (Wildman–Crippen MR) is 69.4 cm³/mol. The van der Waals surface area contributed by atoms with Crippen molar-refractivity contribution in [1.29, 1.82) is 0 Å². The summed E-state index contributed by atoms with van der Waals surface area (Å²) in [5.41, 5.74) is 0.152. The average molecular weight is 248 g/mol. The summed E-state index contributed by atoms with van der Waals surface area (Å²) in [6.07, 6.45) is 5.94. The Kier molecular flexibility index (Phi) is 3.84.